The van der Waals surface area contributed by atoms with Crippen LogP contribution in [0.15, 0.2) is 30.3 Å². The molecule has 20 heavy (non-hydrogen) atoms. The van der Waals surface area contributed by atoms with Gasteiger partial charge in [0.15, 0.2) is 0 Å². The van der Waals surface area contributed by atoms with Gasteiger partial charge in [-0.3, -0.25) is 0 Å². The molecule has 1 aliphatic heterocycles. The van der Waals surface area contributed by atoms with Crippen LogP contribution in [0.4, 0.5) is 0 Å². The molecule has 0 saturated carbocycles. The van der Waals surface area contributed by atoms with Crippen LogP contribution in [-0.4, -0.2) is 58.5 Å². The lowest BCUT2D eigenvalue weighted by Gasteiger charge is -2.38. The van der Waals surface area contributed by atoms with Gasteiger partial charge in [0.1, 0.15) is 37.3 Å². The number of ether oxygens (including phenoxy) is 2. The summed E-state index contributed by atoms with van der Waals surface area (Å²) in [6, 6.07) is 8.33. The highest BCUT2D eigenvalue weighted by Crippen LogP contribution is 2.19. The number of benzene rings is 1. The lowest BCUT2D eigenvalue weighted by atomic mass is 9.99. The van der Waals surface area contributed by atoms with Crippen molar-refractivity contribution in [1.29, 1.82) is 0 Å². The van der Waals surface area contributed by atoms with Crippen molar-refractivity contribution >= 4 is 5.97 Å². The van der Waals surface area contributed by atoms with E-state index in [4.69, 9.17) is 15.2 Å². The molecule has 7 heteroatoms. The van der Waals surface area contributed by atoms with Gasteiger partial charge in [-0.1, -0.05) is 18.2 Å². The average molecular weight is 283 g/mol. The van der Waals surface area contributed by atoms with Crippen molar-refractivity contribution in [2.24, 2.45) is 5.73 Å². The van der Waals surface area contributed by atoms with Gasteiger partial charge in [0.05, 0.1) is 5.56 Å². The molecule has 5 atom stereocenters. The summed E-state index contributed by atoms with van der Waals surface area (Å²) >= 11 is 0. The summed E-state index contributed by atoms with van der Waals surface area (Å²) in [4.78, 5) is 11.7. The van der Waals surface area contributed by atoms with E-state index >= 15 is 0 Å². The lowest BCUT2D eigenvalue weighted by molar-refractivity contribution is -0.227. The second kappa shape index (κ2) is 6.29. The van der Waals surface area contributed by atoms with Crippen molar-refractivity contribution in [2.45, 2.75) is 30.6 Å². The Balaban J connectivity index is 1.92. The molecule has 0 spiro atoms. The van der Waals surface area contributed by atoms with Gasteiger partial charge < -0.3 is 30.5 Å². The number of carbonyl (C=O) groups is 1. The maximum Gasteiger partial charge on any atom is 0.338 e. The lowest BCUT2D eigenvalue weighted by Crippen LogP contribution is -2.61. The summed E-state index contributed by atoms with van der Waals surface area (Å²) in [5, 5.41) is 28.7. The molecule has 0 radical (unpaired) electrons. The average Bonchev–Trinajstić information content (AvgIpc) is 2.48. The molecule has 0 amide bonds. The molecule has 1 saturated heterocycles. The monoisotopic (exact) mass is 283 g/mol. The highest BCUT2D eigenvalue weighted by atomic mass is 16.6. The summed E-state index contributed by atoms with van der Waals surface area (Å²) in [5.74, 6) is -0.574. The minimum atomic E-state index is -1.45. The summed E-state index contributed by atoms with van der Waals surface area (Å²) in [5.41, 5.74) is 5.82. The molecule has 0 bridgehead atoms. The van der Waals surface area contributed by atoms with E-state index in [9.17, 15) is 20.1 Å². The maximum absolute atomic E-state index is 11.7. The number of nitrogens with two attached hydrogens (primary N) is 1. The predicted octanol–water partition coefficient (Wildman–Crippen LogP) is -1.39. The quantitative estimate of drug-likeness (QED) is 0.504. The number of esters is 1. The highest BCUT2D eigenvalue weighted by molar-refractivity contribution is 5.89. The van der Waals surface area contributed by atoms with E-state index in [1.165, 1.54) is 0 Å². The number of rotatable bonds is 3. The summed E-state index contributed by atoms with van der Waals surface area (Å²) in [6.07, 6.45) is -6.34. The van der Waals surface area contributed by atoms with Crippen molar-refractivity contribution in [3.63, 3.8) is 0 Å². The van der Waals surface area contributed by atoms with Gasteiger partial charge in [-0.05, 0) is 12.1 Å². The Morgan fingerprint density at radius 3 is 2.45 bits per heavy atom. The van der Waals surface area contributed by atoms with Crippen molar-refractivity contribution in [3.05, 3.63) is 35.9 Å². The topological polar surface area (TPSA) is 122 Å². The van der Waals surface area contributed by atoms with Gasteiger partial charge in [0.25, 0.3) is 0 Å². The minimum absolute atomic E-state index is 0.271. The molecule has 0 aromatic heterocycles. The van der Waals surface area contributed by atoms with Crippen LogP contribution < -0.4 is 5.73 Å². The summed E-state index contributed by atoms with van der Waals surface area (Å²) < 4.78 is 10.1. The molecule has 0 aliphatic carbocycles. The number of aliphatic hydroxyl groups excluding tert-OH is 3. The third-order valence-corrected chi connectivity index (χ3v) is 3.14. The van der Waals surface area contributed by atoms with Crippen molar-refractivity contribution in [3.8, 4) is 0 Å². The molecule has 1 aliphatic rings. The van der Waals surface area contributed by atoms with Gasteiger partial charge in [-0.25, -0.2) is 4.79 Å². The molecule has 5 N–H and O–H groups in total. The van der Waals surface area contributed by atoms with Crippen LogP contribution in [0.3, 0.4) is 0 Å². The minimum Gasteiger partial charge on any atom is -0.459 e. The number of carbonyl (C=O) groups excluding carboxylic acids is 1. The first kappa shape index (κ1) is 14.9. The SMILES string of the molecule is NC1O[C@H](COC(=O)c2ccccc2)[C@@H](O)[C@H](O)[C@H]1O. The smallest absolute Gasteiger partial charge is 0.338 e. The molecule has 1 fully saturated rings. The van der Waals surface area contributed by atoms with Crippen molar-refractivity contribution in [1.82, 2.24) is 0 Å². The Labute approximate surface area is 115 Å². The largest absolute Gasteiger partial charge is 0.459 e. The molecule has 110 valence electrons. The number of hydrogen-bond acceptors (Lipinski definition) is 7. The molecule has 1 heterocycles. The van der Waals surface area contributed by atoms with Crippen molar-refractivity contribution < 1.29 is 29.6 Å². The highest BCUT2D eigenvalue weighted by Gasteiger charge is 2.42. The normalized spacial score (nSPS) is 33.7. The van der Waals surface area contributed by atoms with Crippen LogP contribution in [0.25, 0.3) is 0 Å². The zero-order valence-corrected chi connectivity index (χ0v) is 10.6. The van der Waals surface area contributed by atoms with E-state index < -0.39 is 36.6 Å². The first-order chi connectivity index (χ1) is 9.50. The van der Waals surface area contributed by atoms with Gasteiger partial charge in [0, 0.05) is 0 Å². The van der Waals surface area contributed by atoms with E-state index in [2.05, 4.69) is 0 Å². The number of aliphatic hydroxyl groups is 3. The van der Waals surface area contributed by atoms with E-state index in [1.807, 2.05) is 0 Å². The molecule has 1 aromatic rings. The fourth-order valence-electron chi connectivity index (χ4n) is 1.93. The number of hydrogen-bond donors (Lipinski definition) is 4. The Hall–Kier alpha value is -1.51. The van der Waals surface area contributed by atoms with E-state index in [-0.39, 0.29) is 6.61 Å². The molecule has 1 unspecified atom stereocenters. The fraction of sp³-hybridized carbons (Fsp3) is 0.462. The first-order valence-corrected chi connectivity index (χ1v) is 6.18. The Kier molecular flexibility index (Phi) is 4.69. The molecule has 1 aromatic carbocycles. The van der Waals surface area contributed by atoms with Crippen LogP contribution >= 0.6 is 0 Å². The maximum atomic E-state index is 11.7. The van der Waals surface area contributed by atoms with Gasteiger partial charge in [-0.2, -0.15) is 0 Å². The third-order valence-electron chi connectivity index (χ3n) is 3.14. The molecular weight excluding hydrogens is 266 g/mol. The van der Waals surface area contributed by atoms with Crippen LogP contribution in [0.2, 0.25) is 0 Å². The Morgan fingerprint density at radius 1 is 1.15 bits per heavy atom. The second-order valence-electron chi connectivity index (χ2n) is 4.58. The van der Waals surface area contributed by atoms with Gasteiger partial charge in [0.2, 0.25) is 0 Å². The van der Waals surface area contributed by atoms with Crippen LogP contribution in [0.1, 0.15) is 10.4 Å². The summed E-state index contributed by atoms with van der Waals surface area (Å²) in [7, 11) is 0. The summed E-state index contributed by atoms with van der Waals surface area (Å²) in [6.45, 7) is -0.271. The molecular formula is C13H17NO6. The van der Waals surface area contributed by atoms with Crippen LogP contribution in [0, 0.1) is 0 Å². The van der Waals surface area contributed by atoms with E-state index in [1.54, 1.807) is 30.3 Å². The molecule has 2 rings (SSSR count). The fourth-order valence-corrected chi connectivity index (χ4v) is 1.93. The second-order valence-corrected chi connectivity index (χ2v) is 4.58. The van der Waals surface area contributed by atoms with Gasteiger partial charge in [-0.15, -0.1) is 0 Å². The van der Waals surface area contributed by atoms with Crippen LogP contribution in [0.5, 0.6) is 0 Å². The van der Waals surface area contributed by atoms with E-state index in [0.29, 0.717) is 5.56 Å². The first-order valence-electron chi connectivity index (χ1n) is 6.18. The Bertz CT molecular complexity index is 453. The standard InChI is InChI=1S/C13H17NO6/c14-12-11(17)10(16)9(15)8(20-12)6-19-13(18)7-4-2-1-3-5-7/h1-5,8-12,15-17H,6,14H2/t8-,9-,10+,11-,12?/m1/s1. The van der Waals surface area contributed by atoms with E-state index in [0.717, 1.165) is 0 Å². The van der Waals surface area contributed by atoms with Crippen molar-refractivity contribution in [2.75, 3.05) is 6.61 Å². The Morgan fingerprint density at radius 2 is 1.80 bits per heavy atom. The molecule has 7 nitrogen and oxygen atoms in total. The zero-order chi connectivity index (χ0) is 14.7. The van der Waals surface area contributed by atoms with Crippen LogP contribution in [-0.2, 0) is 9.47 Å². The predicted molar refractivity (Wildman–Crippen MR) is 67.6 cm³/mol. The third kappa shape index (κ3) is 3.14. The zero-order valence-electron chi connectivity index (χ0n) is 10.6. The van der Waals surface area contributed by atoms with Gasteiger partial charge >= 0.3 is 5.97 Å².